The molecule has 0 saturated heterocycles. The van der Waals surface area contributed by atoms with Gasteiger partial charge in [0.2, 0.25) is 6.79 Å². The number of methoxy groups -OCH3 is 2. The lowest BCUT2D eigenvalue weighted by atomic mass is 10.2. The van der Waals surface area contributed by atoms with Crippen LogP contribution < -0.4 is 24.3 Å². The first-order valence-electron chi connectivity index (χ1n) is 7.76. The molecule has 8 nitrogen and oxygen atoms in total. The Kier molecular flexibility index (Phi) is 5.43. The molecule has 0 bridgehead atoms. The minimum absolute atomic E-state index is 0.211. The number of oxime groups is 1. The minimum atomic E-state index is -0.347. The molecule has 0 radical (unpaired) electrons. The van der Waals surface area contributed by atoms with Crippen molar-refractivity contribution in [2.45, 2.75) is 0 Å². The van der Waals surface area contributed by atoms with E-state index < -0.39 is 0 Å². The highest BCUT2D eigenvalue weighted by atomic mass is 16.7. The number of ether oxygens (including phenoxy) is 4. The van der Waals surface area contributed by atoms with Crippen LogP contribution in [0.2, 0.25) is 0 Å². The van der Waals surface area contributed by atoms with Crippen LogP contribution in [0.25, 0.3) is 0 Å². The van der Waals surface area contributed by atoms with E-state index in [4.69, 9.17) is 23.8 Å². The van der Waals surface area contributed by atoms with Gasteiger partial charge in [-0.25, -0.2) is 0 Å². The van der Waals surface area contributed by atoms with Crippen molar-refractivity contribution in [2.75, 3.05) is 32.9 Å². The summed E-state index contributed by atoms with van der Waals surface area (Å²) in [6.45, 7) is -0.0157. The van der Waals surface area contributed by atoms with Gasteiger partial charge in [0.25, 0.3) is 5.91 Å². The van der Waals surface area contributed by atoms with Crippen molar-refractivity contribution in [2.24, 2.45) is 5.16 Å². The van der Waals surface area contributed by atoms with Gasteiger partial charge in [0.15, 0.2) is 29.6 Å². The molecule has 0 saturated carbocycles. The first-order chi connectivity index (χ1) is 12.7. The van der Waals surface area contributed by atoms with Crippen LogP contribution in [0.5, 0.6) is 23.0 Å². The van der Waals surface area contributed by atoms with Gasteiger partial charge in [0.1, 0.15) is 0 Å². The number of carbonyl (C=O) groups excluding carboxylic acids is 1. The number of fused-ring (bicyclic) bond motifs is 1. The van der Waals surface area contributed by atoms with Crippen molar-refractivity contribution < 1.29 is 28.6 Å². The quantitative estimate of drug-likeness (QED) is 0.604. The van der Waals surface area contributed by atoms with Crippen molar-refractivity contribution in [3.63, 3.8) is 0 Å². The van der Waals surface area contributed by atoms with Gasteiger partial charge in [-0.15, -0.1) is 0 Å². The van der Waals surface area contributed by atoms with Gasteiger partial charge in [0, 0.05) is 17.3 Å². The van der Waals surface area contributed by atoms with Crippen molar-refractivity contribution in [3.8, 4) is 23.0 Å². The van der Waals surface area contributed by atoms with Gasteiger partial charge in [-0.3, -0.25) is 4.79 Å². The second-order valence-electron chi connectivity index (χ2n) is 5.24. The molecule has 0 atom stereocenters. The van der Waals surface area contributed by atoms with Gasteiger partial charge in [-0.2, -0.15) is 0 Å². The van der Waals surface area contributed by atoms with Gasteiger partial charge in [-0.1, -0.05) is 5.16 Å². The van der Waals surface area contributed by atoms with E-state index in [9.17, 15) is 4.79 Å². The van der Waals surface area contributed by atoms with Crippen LogP contribution in [-0.2, 0) is 9.63 Å². The van der Waals surface area contributed by atoms with E-state index in [1.165, 1.54) is 13.3 Å². The monoisotopic (exact) mass is 358 g/mol. The molecule has 26 heavy (non-hydrogen) atoms. The summed E-state index contributed by atoms with van der Waals surface area (Å²) in [4.78, 5) is 16.9. The molecule has 136 valence electrons. The second kappa shape index (κ2) is 8.11. The first-order valence-corrected chi connectivity index (χ1v) is 7.76. The van der Waals surface area contributed by atoms with Crippen molar-refractivity contribution in [3.05, 3.63) is 42.0 Å². The lowest BCUT2D eigenvalue weighted by Crippen LogP contribution is -2.17. The number of nitrogens with zero attached hydrogens (tertiary/aromatic N) is 1. The summed E-state index contributed by atoms with van der Waals surface area (Å²) >= 11 is 0. The largest absolute Gasteiger partial charge is 0.493 e. The average Bonchev–Trinajstić information content (AvgIpc) is 3.13. The molecule has 0 unspecified atom stereocenters. The first kappa shape index (κ1) is 17.4. The van der Waals surface area contributed by atoms with E-state index in [2.05, 4.69) is 10.5 Å². The van der Waals surface area contributed by atoms with Crippen LogP contribution in [0.1, 0.15) is 5.56 Å². The Bertz CT molecular complexity index is 821. The predicted octanol–water partition coefficient (Wildman–Crippen LogP) is 2.42. The van der Waals surface area contributed by atoms with Crippen LogP contribution in [0, 0.1) is 0 Å². The minimum Gasteiger partial charge on any atom is -0.493 e. The Morgan fingerprint density at radius 1 is 1.12 bits per heavy atom. The maximum atomic E-state index is 11.9. The third kappa shape index (κ3) is 4.15. The molecule has 0 spiro atoms. The van der Waals surface area contributed by atoms with Crippen LogP contribution in [0.3, 0.4) is 0 Å². The predicted molar refractivity (Wildman–Crippen MR) is 94.3 cm³/mol. The second-order valence-corrected chi connectivity index (χ2v) is 5.24. The van der Waals surface area contributed by atoms with E-state index in [1.807, 2.05) is 6.07 Å². The lowest BCUT2D eigenvalue weighted by molar-refractivity contribution is -0.120. The Balaban J connectivity index is 1.50. The van der Waals surface area contributed by atoms with Crippen molar-refractivity contribution in [1.29, 1.82) is 0 Å². The highest BCUT2D eigenvalue weighted by molar-refractivity contribution is 5.92. The zero-order valence-corrected chi connectivity index (χ0v) is 14.4. The zero-order chi connectivity index (χ0) is 18.4. The maximum Gasteiger partial charge on any atom is 0.265 e. The summed E-state index contributed by atoms with van der Waals surface area (Å²) in [6.07, 6.45) is 1.49. The van der Waals surface area contributed by atoms with E-state index >= 15 is 0 Å². The number of hydrogen-bond donors (Lipinski definition) is 1. The Hall–Kier alpha value is -3.42. The van der Waals surface area contributed by atoms with Crippen molar-refractivity contribution >= 4 is 17.8 Å². The van der Waals surface area contributed by atoms with Crippen LogP contribution >= 0.6 is 0 Å². The summed E-state index contributed by atoms with van der Waals surface area (Å²) in [5.74, 6) is 2.10. The highest BCUT2D eigenvalue weighted by Gasteiger charge is 2.12. The standard InChI is InChI=1S/C18H18N2O6/c1-22-14-6-4-13(8-16(14)23-2)20-18(21)10-26-19-9-12-3-5-15-17(7-12)25-11-24-15/h3-9H,10-11H2,1-2H3,(H,20,21). The number of benzene rings is 2. The van der Waals surface area contributed by atoms with Crippen LogP contribution in [-0.4, -0.2) is 39.7 Å². The van der Waals surface area contributed by atoms with Crippen LogP contribution in [0.4, 0.5) is 5.69 Å². The molecule has 1 aliphatic rings. The molecule has 0 aromatic heterocycles. The normalized spacial score (nSPS) is 12.1. The molecule has 0 fully saturated rings. The topological polar surface area (TPSA) is 87.6 Å². The average molecular weight is 358 g/mol. The number of nitrogens with one attached hydrogen (secondary N) is 1. The molecule has 2 aromatic carbocycles. The lowest BCUT2D eigenvalue weighted by Gasteiger charge is -2.10. The molecule has 1 aliphatic heterocycles. The SMILES string of the molecule is COc1ccc(NC(=O)CON=Cc2ccc3c(c2)OCO3)cc1OC. The third-order valence-electron chi connectivity index (χ3n) is 3.54. The molecule has 1 heterocycles. The molecule has 3 rings (SSSR count). The van der Waals surface area contributed by atoms with E-state index in [1.54, 1.807) is 37.4 Å². The zero-order valence-electron chi connectivity index (χ0n) is 14.4. The summed E-state index contributed by atoms with van der Waals surface area (Å²) in [5, 5.41) is 6.47. The van der Waals surface area contributed by atoms with E-state index in [0.29, 0.717) is 28.7 Å². The van der Waals surface area contributed by atoms with E-state index in [0.717, 1.165) is 5.56 Å². The van der Waals surface area contributed by atoms with Crippen molar-refractivity contribution in [1.82, 2.24) is 0 Å². The number of anilines is 1. The maximum absolute atomic E-state index is 11.9. The molecule has 1 N–H and O–H groups in total. The van der Waals surface area contributed by atoms with Crippen LogP contribution in [0.15, 0.2) is 41.6 Å². The van der Waals surface area contributed by atoms with Gasteiger partial charge < -0.3 is 29.1 Å². The summed E-state index contributed by atoms with van der Waals surface area (Å²) in [5.41, 5.74) is 1.34. The Morgan fingerprint density at radius 3 is 2.73 bits per heavy atom. The molecule has 1 amide bonds. The van der Waals surface area contributed by atoms with Gasteiger partial charge in [-0.05, 0) is 30.3 Å². The fourth-order valence-electron chi connectivity index (χ4n) is 2.30. The molecular weight excluding hydrogens is 340 g/mol. The summed E-state index contributed by atoms with van der Waals surface area (Å²) in [7, 11) is 3.07. The number of hydrogen-bond acceptors (Lipinski definition) is 7. The van der Waals surface area contributed by atoms with Gasteiger partial charge in [0.05, 0.1) is 20.4 Å². The van der Waals surface area contributed by atoms with Gasteiger partial charge >= 0.3 is 0 Å². The Morgan fingerprint density at radius 2 is 1.92 bits per heavy atom. The molecule has 0 aliphatic carbocycles. The number of rotatable bonds is 7. The third-order valence-corrected chi connectivity index (χ3v) is 3.54. The Labute approximate surface area is 150 Å². The number of amides is 1. The summed E-state index contributed by atoms with van der Waals surface area (Å²) in [6, 6.07) is 10.4. The smallest absolute Gasteiger partial charge is 0.265 e. The number of carbonyl (C=O) groups is 1. The molecule has 8 heteroatoms. The van der Waals surface area contributed by atoms with E-state index in [-0.39, 0.29) is 19.3 Å². The fraction of sp³-hybridized carbons (Fsp3) is 0.222. The highest BCUT2D eigenvalue weighted by Crippen LogP contribution is 2.32. The molecule has 2 aromatic rings. The molecular formula is C18H18N2O6. The fourth-order valence-corrected chi connectivity index (χ4v) is 2.30. The summed E-state index contributed by atoms with van der Waals surface area (Å²) < 4.78 is 20.8.